The van der Waals surface area contributed by atoms with E-state index in [1.807, 2.05) is 0 Å². The molecule has 0 spiro atoms. The summed E-state index contributed by atoms with van der Waals surface area (Å²) in [6.07, 6.45) is 2.79. The second-order valence-corrected chi connectivity index (χ2v) is 7.49. The van der Waals surface area contributed by atoms with Crippen LogP contribution in [0.25, 0.3) is 0 Å². The number of aliphatic hydroxyl groups excluding tert-OH is 1. The average molecular weight is 339 g/mol. The first-order valence-electron chi connectivity index (χ1n) is 6.08. The summed E-state index contributed by atoms with van der Waals surface area (Å²) in [5.41, 5.74) is 2.62. The number of aliphatic hydroxyl groups is 1. The molecule has 1 rings (SSSR count). The van der Waals surface area contributed by atoms with E-state index in [2.05, 4.69) is 4.99 Å². The van der Waals surface area contributed by atoms with E-state index in [0.29, 0.717) is 4.31 Å². The maximum Gasteiger partial charge on any atom is 0.329 e. The van der Waals surface area contributed by atoms with Gasteiger partial charge < -0.3 is 15.7 Å². The van der Waals surface area contributed by atoms with E-state index in [4.69, 9.17) is 17.3 Å². The number of carbonyl (C=O) groups is 1. The molecule has 10 heteroatoms. The van der Waals surface area contributed by atoms with Crippen LogP contribution in [0.2, 0.25) is 0 Å². The Bertz CT molecular complexity index is 555. The zero-order valence-corrected chi connectivity index (χ0v) is 13.5. The lowest BCUT2D eigenvalue weighted by Gasteiger charge is -2.39. The number of nitrogens with zero attached hydrogens (tertiary/aromatic N) is 3. The van der Waals surface area contributed by atoms with Gasteiger partial charge in [0.1, 0.15) is 6.23 Å². The first kappa shape index (κ1) is 17.7. The lowest BCUT2D eigenvalue weighted by Crippen LogP contribution is -2.58. The fourth-order valence-corrected chi connectivity index (χ4v) is 4.01. The molecule has 0 aromatic carbocycles. The van der Waals surface area contributed by atoms with Crippen LogP contribution in [0.5, 0.6) is 0 Å². The second-order valence-electron chi connectivity index (χ2n) is 5.37. The molecular formula is C11H19ClN4O4S. The van der Waals surface area contributed by atoms with Gasteiger partial charge in [-0.25, -0.2) is 17.5 Å². The van der Waals surface area contributed by atoms with Crippen LogP contribution in [0.4, 0.5) is 4.79 Å². The minimum absolute atomic E-state index is 0.224. The molecule has 0 aliphatic carbocycles. The maximum atomic E-state index is 12.7. The van der Waals surface area contributed by atoms with Gasteiger partial charge in [0, 0.05) is 12.4 Å². The van der Waals surface area contributed by atoms with E-state index < -0.39 is 33.3 Å². The summed E-state index contributed by atoms with van der Waals surface area (Å²) in [6, 6.07) is -1.12. The summed E-state index contributed by atoms with van der Waals surface area (Å²) in [5, 5.41) is 9.81. The molecule has 1 heterocycles. The Hall–Kier alpha value is -1.32. The first-order chi connectivity index (χ1) is 9.53. The molecule has 0 radical (unpaired) electrons. The zero-order valence-electron chi connectivity index (χ0n) is 12.0. The van der Waals surface area contributed by atoms with Crippen molar-refractivity contribution in [3.63, 3.8) is 0 Å². The number of sulfonamides is 1. The highest BCUT2D eigenvalue weighted by atomic mass is 35.5. The van der Waals surface area contributed by atoms with Crippen molar-refractivity contribution < 1.29 is 18.3 Å². The number of nitrogens with two attached hydrogens (primary N) is 1. The number of carbonyl (C=O) groups excluding carboxylic acids is 1. The number of amides is 2. The molecule has 1 aliphatic heterocycles. The molecule has 0 aromatic rings. The lowest BCUT2D eigenvalue weighted by atomic mass is 10.1. The molecule has 8 nitrogen and oxygen atoms in total. The zero-order chi connectivity index (χ0) is 16.4. The average Bonchev–Trinajstić information content (AvgIpc) is 2.35. The Balaban J connectivity index is 3.30. The number of rotatable bonds is 4. The Kier molecular flexibility index (Phi) is 5.24. The number of alkyl halides is 1. The fourth-order valence-electron chi connectivity index (χ4n) is 1.90. The van der Waals surface area contributed by atoms with Crippen LogP contribution in [0.1, 0.15) is 20.8 Å². The highest BCUT2D eigenvalue weighted by Gasteiger charge is 2.44. The molecular weight excluding hydrogens is 320 g/mol. The van der Waals surface area contributed by atoms with Crippen LogP contribution in [0.3, 0.4) is 0 Å². The van der Waals surface area contributed by atoms with E-state index in [1.54, 1.807) is 0 Å². The third-order valence-corrected chi connectivity index (χ3v) is 5.04. The van der Waals surface area contributed by atoms with Crippen molar-refractivity contribution in [2.45, 2.75) is 38.0 Å². The quantitative estimate of drug-likeness (QED) is 0.712. The van der Waals surface area contributed by atoms with Crippen molar-refractivity contribution >= 4 is 33.9 Å². The Morgan fingerprint density at radius 1 is 1.57 bits per heavy atom. The Morgan fingerprint density at radius 2 is 2.14 bits per heavy atom. The SMILES string of the molecule is CC(C)(C)N(C(N)=O)S(=O)(=O)C1N=CC=CN1C(O)CCl. The molecule has 0 saturated heterocycles. The third kappa shape index (κ3) is 3.66. The van der Waals surface area contributed by atoms with Crippen molar-refractivity contribution in [1.29, 1.82) is 0 Å². The number of hydrogen-bond donors (Lipinski definition) is 2. The second kappa shape index (κ2) is 6.20. The molecule has 120 valence electrons. The normalized spacial score (nSPS) is 20.4. The van der Waals surface area contributed by atoms with Gasteiger partial charge in [-0.15, -0.1) is 11.6 Å². The van der Waals surface area contributed by atoms with Gasteiger partial charge in [0.05, 0.1) is 11.4 Å². The topological polar surface area (TPSA) is 116 Å². The number of urea groups is 1. The van der Waals surface area contributed by atoms with E-state index >= 15 is 0 Å². The smallest absolute Gasteiger partial charge is 0.329 e. The van der Waals surface area contributed by atoms with Gasteiger partial charge in [0.15, 0.2) is 0 Å². The van der Waals surface area contributed by atoms with Crippen LogP contribution in [0.15, 0.2) is 17.3 Å². The number of allylic oxidation sites excluding steroid dienone is 1. The van der Waals surface area contributed by atoms with E-state index in [1.165, 1.54) is 39.3 Å². The van der Waals surface area contributed by atoms with Gasteiger partial charge in [-0.05, 0) is 26.8 Å². The number of primary amides is 1. The van der Waals surface area contributed by atoms with Gasteiger partial charge in [-0.3, -0.25) is 4.99 Å². The summed E-state index contributed by atoms with van der Waals surface area (Å²) < 4.78 is 25.9. The van der Waals surface area contributed by atoms with Crippen LogP contribution in [-0.2, 0) is 10.0 Å². The highest BCUT2D eigenvalue weighted by Crippen LogP contribution is 2.26. The van der Waals surface area contributed by atoms with Gasteiger partial charge in [-0.1, -0.05) is 0 Å². The summed E-state index contributed by atoms with van der Waals surface area (Å²) in [7, 11) is -4.27. The molecule has 2 amide bonds. The number of hydrogen-bond acceptors (Lipinski definition) is 6. The molecule has 0 saturated carbocycles. The minimum atomic E-state index is -4.27. The highest BCUT2D eigenvalue weighted by molar-refractivity contribution is 7.90. The molecule has 21 heavy (non-hydrogen) atoms. The Labute approximate surface area is 128 Å². The predicted octanol–water partition coefficient (Wildman–Crippen LogP) is 0.236. The van der Waals surface area contributed by atoms with Crippen molar-refractivity contribution in [2.24, 2.45) is 10.7 Å². The predicted molar refractivity (Wildman–Crippen MR) is 80.1 cm³/mol. The maximum absolute atomic E-state index is 12.7. The van der Waals surface area contributed by atoms with Crippen molar-refractivity contribution in [3.05, 3.63) is 12.3 Å². The molecule has 1 aliphatic rings. The third-order valence-electron chi connectivity index (χ3n) is 2.63. The van der Waals surface area contributed by atoms with Gasteiger partial charge >= 0.3 is 6.03 Å². The molecule has 3 N–H and O–H groups in total. The first-order valence-corrected chi connectivity index (χ1v) is 8.12. The summed E-state index contributed by atoms with van der Waals surface area (Å²) in [4.78, 5) is 16.4. The fraction of sp³-hybridized carbons (Fsp3) is 0.636. The van der Waals surface area contributed by atoms with Crippen molar-refractivity contribution in [1.82, 2.24) is 9.21 Å². The van der Waals surface area contributed by atoms with Crippen LogP contribution in [0, 0.1) is 0 Å². The molecule has 0 fully saturated rings. The van der Waals surface area contributed by atoms with E-state index in [-0.39, 0.29) is 5.88 Å². The standard InChI is InChI=1S/C11H19ClN4O4S/c1-11(2,3)16(9(13)18)21(19,20)10-14-5-4-6-15(10)8(17)7-12/h4-6,8,10,17H,7H2,1-3H3,(H2,13,18). The van der Waals surface area contributed by atoms with Gasteiger partial charge in [0.2, 0.25) is 5.50 Å². The molecule has 0 aromatic heterocycles. The molecule has 0 bridgehead atoms. The van der Waals surface area contributed by atoms with E-state index in [9.17, 15) is 18.3 Å². The monoisotopic (exact) mass is 338 g/mol. The number of halogens is 1. The minimum Gasteiger partial charge on any atom is -0.372 e. The lowest BCUT2D eigenvalue weighted by molar-refractivity contribution is 0.0468. The van der Waals surface area contributed by atoms with Gasteiger partial charge in [-0.2, -0.15) is 0 Å². The van der Waals surface area contributed by atoms with Gasteiger partial charge in [0.25, 0.3) is 10.0 Å². The summed E-state index contributed by atoms with van der Waals surface area (Å²) in [5.74, 6) is -0.224. The van der Waals surface area contributed by atoms with Crippen LogP contribution < -0.4 is 5.73 Å². The summed E-state index contributed by atoms with van der Waals surface area (Å²) in [6.45, 7) is 4.58. The largest absolute Gasteiger partial charge is 0.372 e. The van der Waals surface area contributed by atoms with Crippen molar-refractivity contribution in [3.8, 4) is 0 Å². The molecule has 2 atom stereocenters. The number of aliphatic imine (C=N–C) groups is 1. The van der Waals surface area contributed by atoms with Crippen LogP contribution >= 0.6 is 11.6 Å². The van der Waals surface area contributed by atoms with Crippen LogP contribution in [-0.4, -0.2) is 58.1 Å². The Morgan fingerprint density at radius 3 is 2.57 bits per heavy atom. The van der Waals surface area contributed by atoms with E-state index in [0.717, 1.165) is 4.90 Å². The molecule has 2 unspecified atom stereocenters. The summed E-state index contributed by atoms with van der Waals surface area (Å²) >= 11 is 5.56. The van der Waals surface area contributed by atoms with Crippen molar-refractivity contribution in [2.75, 3.05) is 5.88 Å².